The van der Waals surface area contributed by atoms with Gasteiger partial charge in [0.25, 0.3) is 0 Å². The number of fused-ring (bicyclic) bond motifs is 2. The van der Waals surface area contributed by atoms with E-state index in [1.807, 2.05) is 7.05 Å². The molecule has 26 heavy (non-hydrogen) atoms. The Bertz CT molecular complexity index is 744. The Labute approximate surface area is 159 Å². The second-order valence-electron chi connectivity index (χ2n) is 7.11. The van der Waals surface area contributed by atoms with Crippen LogP contribution < -0.4 is 5.32 Å². The van der Waals surface area contributed by atoms with Crippen molar-refractivity contribution < 1.29 is 4.79 Å². The molecule has 142 valence electrons. The lowest BCUT2D eigenvalue weighted by atomic mass is 10.1. The van der Waals surface area contributed by atoms with Gasteiger partial charge in [-0.3, -0.25) is 14.6 Å². The molecule has 2 aromatic rings. The van der Waals surface area contributed by atoms with Crippen LogP contribution in [0.3, 0.4) is 0 Å². The van der Waals surface area contributed by atoms with Crippen LogP contribution in [-0.4, -0.2) is 44.4 Å². The highest BCUT2D eigenvalue weighted by Crippen LogP contribution is 2.23. The van der Waals surface area contributed by atoms with Crippen molar-refractivity contribution in [2.75, 3.05) is 13.6 Å². The first kappa shape index (κ1) is 18.9. The van der Waals surface area contributed by atoms with E-state index < -0.39 is 0 Å². The zero-order valence-electron chi connectivity index (χ0n) is 15.3. The summed E-state index contributed by atoms with van der Waals surface area (Å²) in [6.45, 7) is 3.46. The SMILES string of the molecule is CN(Cc1n[nH]c2c1CCC2)C(=O)CCc1cc2n(n1)CCCNC2.Cl. The van der Waals surface area contributed by atoms with Crippen LogP contribution in [0.4, 0.5) is 0 Å². The molecule has 0 radical (unpaired) electrons. The minimum absolute atomic E-state index is 0. The predicted molar refractivity (Wildman–Crippen MR) is 101 cm³/mol. The van der Waals surface area contributed by atoms with Gasteiger partial charge in [0.15, 0.2) is 0 Å². The summed E-state index contributed by atoms with van der Waals surface area (Å²) in [5, 5.41) is 15.6. The van der Waals surface area contributed by atoms with Crippen molar-refractivity contribution in [1.82, 2.24) is 30.2 Å². The molecule has 0 saturated heterocycles. The summed E-state index contributed by atoms with van der Waals surface area (Å²) in [5.41, 5.74) is 5.85. The maximum absolute atomic E-state index is 12.5. The highest BCUT2D eigenvalue weighted by molar-refractivity contribution is 5.85. The maximum atomic E-state index is 12.5. The second-order valence-corrected chi connectivity index (χ2v) is 7.11. The third-order valence-electron chi connectivity index (χ3n) is 5.24. The summed E-state index contributed by atoms with van der Waals surface area (Å²) >= 11 is 0. The summed E-state index contributed by atoms with van der Waals surface area (Å²) in [6.07, 6.45) is 5.64. The fourth-order valence-electron chi connectivity index (χ4n) is 3.80. The fourth-order valence-corrected chi connectivity index (χ4v) is 3.80. The summed E-state index contributed by atoms with van der Waals surface area (Å²) < 4.78 is 2.08. The topological polar surface area (TPSA) is 78.8 Å². The molecule has 0 atom stereocenters. The van der Waals surface area contributed by atoms with E-state index in [9.17, 15) is 4.79 Å². The smallest absolute Gasteiger partial charge is 0.223 e. The monoisotopic (exact) mass is 378 g/mol. The molecule has 2 N–H and O–H groups in total. The Hall–Kier alpha value is -1.86. The number of H-pyrrole nitrogens is 1. The molecule has 1 aliphatic carbocycles. The zero-order chi connectivity index (χ0) is 17.2. The highest BCUT2D eigenvalue weighted by Gasteiger charge is 2.21. The minimum Gasteiger partial charge on any atom is -0.340 e. The van der Waals surface area contributed by atoms with E-state index in [-0.39, 0.29) is 18.3 Å². The number of hydrogen-bond acceptors (Lipinski definition) is 4. The normalized spacial score (nSPS) is 15.7. The number of hydrogen-bond donors (Lipinski definition) is 2. The van der Waals surface area contributed by atoms with Crippen molar-refractivity contribution in [3.63, 3.8) is 0 Å². The Balaban J connectivity index is 0.00000196. The standard InChI is InChI=1S/C18H26N6O.ClH/c1-23(12-17-15-4-2-5-16(15)20-21-17)18(25)7-6-13-10-14-11-19-8-3-9-24(14)22-13;/h10,19H,2-9,11-12H2,1H3,(H,20,21);1H. The number of aromatic amines is 1. The summed E-state index contributed by atoms with van der Waals surface area (Å²) in [5.74, 6) is 0.149. The molecule has 8 heteroatoms. The Morgan fingerprint density at radius 3 is 3.12 bits per heavy atom. The molecule has 0 unspecified atom stereocenters. The second kappa shape index (κ2) is 8.22. The lowest BCUT2D eigenvalue weighted by molar-refractivity contribution is -0.130. The van der Waals surface area contributed by atoms with Crippen molar-refractivity contribution in [2.24, 2.45) is 0 Å². The molecule has 1 amide bonds. The first-order valence-electron chi connectivity index (χ1n) is 9.26. The molecule has 7 nitrogen and oxygen atoms in total. The average Bonchev–Trinajstić information content (AvgIpc) is 3.27. The van der Waals surface area contributed by atoms with Gasteiger partial charge < -0.3 is 10.2 Å². The van der Waals surface area contributed by atoms with E-state index in [0.717, 1.165) is 50.3 Å². The van der Waals surface area contributed by atoms with Crippen molar-refractivity contribution in [2.45, 2.75) is 58.2 Å². The molecule has 3 heterocycles. The largest absolute Gasteiger partial charge is 0.340 e. The van der Waals surface area contributed by atoms with Crippen molar-refractivity contribution in [1.29, 1.82) is 0 Å². The Kier molecular flexibility index (Phi) is 5.98. The van der Waals surface area contributed by atoms with E-state index in [2.05, 4.69) is 31.4 Å². The van der Waals surface area contributed by atoms with Crippen LogP contribution in [0.1, 0.15) is 47.6 Å². The number of rotatable bonds is 5. The molecule has 0 bridgehead atoms. The number of amides is 1. The quantitative estimate of drug-likeness (QED) is 0.828. The molecule has 1 aliphatic heterocycles. The van der Waals surface area contributed by atoms with Gasteiger partial charge in [-0.15, -0.1) is 12.4 Å². The molecular formula is C18H27ClN6O. The van der Waals surface area contributed by atoms with Gasteiger partial charge in [0.1, 0.15) is 0 Å². The van der Waals surface area contributed by atoms with Crippen LogP contribution >= 0.6 is 12.4 Å². The van der Waals surface area contributed by atoms with E-state index in [0.29, 0.717) is 19.4 Å². The fraction of sp³-hybridized carbons (Fsp3) is 0.611. The van der Waals surface area contributed by atoms with Gasteiger partial charge in [-0.2, -0.15) is 10.2 Å². The number of halogens is 1. The van der Waals surface area contributed by atoms with Gasteiger partial charge in [0, 0.05) is 38.7 Å². The van der Waals surface area contributed by atoms with E-state index in [1.165, 1.54) is 23.4 Å². The van der Waals surface area contributed by atoms with E-state index in [4.69, 9.17) is 0 Å². The first-order valence-corrected chi connectivity index (χ1v) is 9.26. The van der Waals surface area contributed by atoms with Gasteiger partial charge in [-0.25, -0.2) is 0 Å². The number of carbonyl (C=O) groups is 1. The molecular weight excluding hydrogens is 352 g/mol. The molecule has 2 aliphatic rings. The van der Waals surface area contributed by atoms with Crippen LogP contribution in [0.5, 0.6) is 0 Å². The Morgan fingerprint density at radius 1 is 1.35 bits per heavy atom. The van der Waals surface area contributed by atoms with Gasteiger partial charge in [-0.1, -0.05) is 0 Å². The van der Waals surface area contributed by atoms with Gasteiger partial charge in [0.2, 0.25) is 5.91 Å². The van der Waals surface area contributed by atoms with Gasteiger partial charge in [0.05, 0.1) is 23.6 Å². The van der Waals surface area contributed by atoms with E-state index >= 15 is 0 Å². The highest BCUT2D eigenvalue weighted by atomic mass is 35.5. The third-order valence-corrected chi connectivity index (χ3v) is 5.24. The lowest BCUT2D eigenvalue weighted by Crippen LogP contribution is -2.27. The predicted octanol–water partition coefficient (Wildman–Crippen LogP) is 1.60. The molecule has 2 aromatic heterocycles. The van der Waals surface area contributed by atoms with Crippen LogP contribution in [0.25, 0.3) is 0 Å². The zero-order valence-corrected chi connectivity index (χ0v) is 16.1. The van der Waals surface area contributed by atoms with Crippen molar-refractivity contribution >= 4 is 18.3 Å². The Morgan fingerprint density at radius 2 is 2.23 bits per heavy atom. The molecule has 4 rings (SSSR count). The minimum atomic E-state index is 0. The molecule has 0 aromatic carbocycles. The number of aromatic nitrogens is 4. The van der Waals surface area contributed by atoms with E-state index in [1.54, 1.807) is 4.90 Å². The number of nitrogens with one attached hydrogen (secondary N) is 2. The van der Waals surface area contributed by atoms with Crippen LogP contribution in [0, 0.1) is 0 Å². The lowest BCUT2D eigenvalue weighted by Gasteiger charge is -2.16. The van der Waals surface area contributed by atoms with Crippen molar-refractivity contribution in [3.05, 3.63) is 34.4 Å². The number of carbonyl (C=O) groups excluding carboxylic acids is 1. The van der Waals surface area contributed by atoms with Gasteiger partial charge >= 0.3 is 0 Å². The maximum Gasteiger partial charge on any atom is 0.223 e. The summed E-state index contributed by atoms with van der Waals surface area (Å²) in [7, 11) is 1.87. The molecule has 0 fully saturated rings. The molecule has 0 saturated carbocycles. The summed E-state index contributed by atoms with van der Waals surface area (Å²) in [4.78, 5) is 14.3. The third kappa shape index (κ3) is 3.94. The van der Waals surface area contributed by atoms with Crippen LogP contribution in [-0.2, 0) is 43.7 Å². The van der Waals surface area contributed by atoms with Crippen LogP contribution in [0.2, 0.25) is 0 Å². The first-order chi connectivity index (χ1) is 12.2. The molecule has 0 spiro atoms. The van der Waals surface area contributed by atoms with Crippen molar-refractivity contribution in [3.8, 4) is 0 Å². The number of aryl methyl sites for hydroxylation is 3. The summed E-state index contributed by atoms with van der Waals surface area (Å²) in [6, 6.07) is 2.13. The van der Waals surface area contributed by atoms with Crippen LogP contribution in [0.15, 0.2) is 6.07 Å². The average molecular weight is 379 g/mol. The number of nitrogens with zero attached hydrogens (tertiary/aromatic N) is 4. The van der Waals surface area contributed by atoms with Gasteiger partial charge in [-0.05, 0) is 43.9 Å².